The fraction of sp³-hybridized carbons (Fsp3) is 0.538. The van der Waals surface area contributed by atoms with Crippen LogP contribution >= 0.6 is 0 Å². The summed E-state index contributed by atoms with van der Waals surface area (Å²) >= 11 is 0. The summed E-state index contributed by atoms with van der Waals surface area (Å²) in [7, 11) is 0. The number of rotatable bonds is 2. The molecule has 0 bridgehead atoms. The lowest BCUT2D eigenvalue weighted by atomic mass is 9.96. The van der Waals surface area contributed by atoms with Gasteiger partial charge in [-0.1, -0.05) is 13.0 Å². The van der Waals surface area contributed by atoms with Crippen LogP contribution in [-0.2, 0) is 4.74 Å². The Labute approximate surface area is 100.0 Å². The van der Waals surface area contributed by atoms with Crippen LogP contribution in [0.1, 0.15) is 31.9 Å². The van der Waals surface area contributed by atoms with Crippen LogP contribution in [0.4, 0.5) is 8.78 Å². The number of morpholine rings is 1. The molecule has 0 spiro atoms. The number of hydrogen-bond acceptors (Lipinski definition) is 2. The minimum atomic E-state index is -0.562. The predicted octanol–water partition coefficient (Wildman–Crippen LogP) is 2.79. The first-order chi connectivity index (χ1) is 8.04. The van der Waals surface area contributed by atoms with E-state index in [0.29, 0.717) is 18.7 Å². The third kappa shape index (κ3) is 2.64. The molecule has 1 aliphatic rings. The molecular formula is C13H17F2NO. The smallest absolute Gasteiger partial charge is 0.131 e. The standard InChI is InChI=1S/C13H17F2NO/c1-3-13(2)8-17-12(7-16-13)10-5-4-9(14)6-11(10)15/h4-6,12,16H,3,7-8H2,1-2H3. The highest BCUT2D eigenvalue weighted by Gasteiger charge is 2.31. The van der Waals surface area contributed by atoms with Crippen LogP contribution in [-0.4, -0.2) is 18.7 Å². The molecule has 2 atom stereocenters. The molecule has 17 heavy (non-hydrogen) atoms. The summed E-state index contributed by atoms with van der Waals surface area (Å²) in [5.74, 6) is -1.11. The van der Waals surface area contributed by atoms with E-state index in [1.54, 1.807) is 0 Å². The van der Waals surface area contributed by atoms with Gasteiger partial charge in [0.05, 0.1) is 12.7 Å². The summed E-state index contributed by atoms with van der Waals surface area (Å²) in [5, 5.41) is 3.35. The Morgan fingerprint density at radius 1 is 1.47 bits per heavy atom. The summed E-state index contributed by atoms with van der Waals surface area (Å²) in [6, 6.07) is 3.60. The summed E-state index contributed by atoms with van der Waals surface area (Å²) in [4.78, 5) is 0. The Morgan fingerprint density at radius 2 is 2.24 bits per heavy atom. The summed E-state index contributed by atoms with van der Waals surface area (Å²) in [6.07, 6.45) is 0.612. The summed E-state index contributed by atoms with van der Waals surface area (Å²) < 4.78 is 32.0. The lowest BCUT2D eigenvalue weighted by molar-refractivity contribution is -0.0314. The topological polar surface area (TPSA) is 21.3 Å². The molecule has 0 radical (unpaired) electrons. The van der Waals surface area contributed by atoms with Crippen LogP contribution in [0.25, 0.3) is 0 Å². The van der Waals surface area contributed by atoms with Crippen LogP contribution in [0.2, 0.25) is 0 Å². The summed E-state index contributed by atoms with van der Waals surface area (Å²) in [5.41, 5.74) is 0.365. The van der Waals surface area contributed by atoms with E-state index in [1.165, 1.54) is 12.1 Å². The molecule has 0 aliphatic carbocycles. The van der Waals surface area contributed by atoms with Crippen molar-refractivity contribution in [1.29, 1.82) is 0 Å². The Kier molecular flexibility index (Phi) is 3.45. The minimum absolute atomic E-state index is 0.0486. The van der Waals surface area contributed by atoms with Crippen molar-refractivity contribution in [2.75, 3.05) is 13.2 Å². The van der Waals surface area contributed by atoms with Crippen molar-refractivity contribution in [3.8, 4) is 0 Å². The second-order valence-electron chi connectivity index (χ2n) is 4.76. The van der Waals surface area contributed by atoms with E-state index in [2.05, 4.69) is 19.2 Å². The minimum Gasteiger partial charge on any atom is -0.370 e. The number of nitrogens with one attached hydrogen (secondary N) is 1. The first-order valence-electron chi connectivity index (χ1n) is 5.86. The normalized spacial score (nSPS) is 29.3. The van der Waals surface area contributed by atoms with Gasteiger partial charge in [-0.3, -0.25) is 0 Å². The molecule has 2 unspecified atom stereocenters. The van der Waals surface area contributed by atoms with E-state index in [9.17, 15) is 8.78 Å². The molecule has 1 N–H and O–H groups in total. The molecule has 4 heteroatoms. The maximum Gasteiger partial charge on any atom is 0.131 e. The van der Waals surface area contributed by atoms with E-state index in [-0.39, 0.29) is 11.6 Å². The average molecular weight is 241 g/mol. The van der Waals surface area contributed by atoms with Crippen LogP contribution in [0, 0.1) is 11.6 Å². The zero-order valence-corrected chi connectivity index (χ0v) is 10.1. The van der Waals surface area contributed by atoms with Gasteiger partial charge in [-0.05, 0) is 19.4 Å². The van der Waals surface area contributed by atoms with Crippen LogP contribution in [0.3, 0.4) is 0 Å². The number of halogens is 2. The Balaban J connectivity index is 2.10. The van der Waals surface area contributed by atoms with Crippen molar-refractivity contribution >= 4 is 0 Å². The van der Waals surface area contributed by atoms with Gasteiger partial charge in [-0.25, -0.2) is 8.78 Å². The SMILES string of the molecule is CCC1(C)COC(c2ccc(F)cc2F)CN1. The van der Waals surface area contributed by atoms with E-state index in [4.69, 9.17) is 4.74 Å². The molecule has 0 amide bonds. The molecule has 1 fully saturated rings. The maximum atomic E-state index is 13.6. The van der Waals surface area contributed by atoms with E-state index < -0.39 is 11.6 Å². The van der Waals surface area contributed by atoms with Gasteiger partial charge in [-0.2, -0.15) is 0 Å². The van der Waals surface area contributed by atoms with E-state index in [0.717, 1.165) is 12.5 Å². The molecule has 0 saturated carbocycles. The predicted molar refractivity (Wildman–Crippen MR) is 61.7 cm³/mol. The highest BCUT2D eigenvalue weighted by Crippen LogP contribution is 2.27. The molecule has 1 aromatic carbocycles. The Morgan fingerprint density at radius 3 is 2.76 bits per heavy atom. The molecule has 1 saturated heterocycles. The Hall–Kier alpha value is -1.00. The monoisotopic (exact) mass is 241 g/mol. The lowest BCUT2D eigenvalue weighted by Gasteiger charge is -2.38. The molecule has 1 aromatic rings. The second-order valence-corrected chi connectivity index (χ2v) is 4.76. The van der Waals surface area contributed by atoms with Crippen molar-refractivity contribution in [3.63, 3.8) is 0 Å². The van der Waals surface area contributed by atoms with Crippen molar-refractivity contribution in [2.24, 2.45) is 0 Å². The molecule has 0 aromatic heterocycles. The Bertz CT molecular complexity index is 400. The third-order valence-electron chi connectivity index (χ3n) is 3.41. The van der Waals surface area contributed by atoms with Gasteiger partial charge < -0.3 is 10.1 Å². The van der Waals surface area contributed by atoms with E-state index >= 15 is 0 Å². The second kappa shape index (κ2) is 4.70. The largest absolute Gasteiger partial charge is 0.370 e. The zero-order valence-electron chi connectivity index (χ0n) is 10.1. The third-order valence-corrected chi connectivity index (χ3v) is 3.41. The number of ether oxygens (including phenoxy) is 1. The average Bonchev–Trinajstić information content (AvgIpc) is 2.31. The molecule has 2 nitrogen and oxygen atoms in total. The van der Waals surface area contributed by atoms with Crippen molar-refractivity contribution in [1.82, 2.24) is 5.32 Å². The molecule has 1 aliphatic heterocycles. The van der Waals surface area contributed by atoms with Crippen molar-refractivity contribution < 1.29 is 13.5 Å². The van der Waals surface area contributed by atoms with Gasteiger partial charge in [0.1, 0.15) is 11.6 Å². The van der Waals surface area contributed by atoms with Gasteiger partial charge in [0, 0.05) is 23.7 Å². The van der Waals surface area contributed by atoms with Crippen molar-refractivity contribution in [2.45, 2.75) is 31.9 Å². The van der Waals surface area contributed by atoms with Gasteiger partial charge >= 0.3 is 0 Å². The van der Waals surface area contributed by atoms with Crippen molar-refractivity contribution in [3.05, 3.63) is 35.4 Å². The van der Waals surface area contributed by atoms with Crippen LogP contribution in [0.5, 0.6) is 0 Å². The first-order valence-corrected chi connectivity index (χ1v) is 5.86. The fourth-order valence-corrected chi connectivity index (χ4v) is 1.92. The molecular weight excluding hydrogens is 224 g/mol. The number of hydrogen-bond donors (Lipinski definition) is 1. The summed E-state index contributed by atoms with van der Waals surface area (Å²) in [6.45, 7) is 5.23. The number of benzene rings is 1. The zero-order chi connectivity index (χ0) is 12.5. The first kappa shape index (κ1) is 12.5. The maximum absolute atomic E-state index is 13.6. The fourth-order valence-electron chi connectivity index (χ4n) is 1.92. The van der Waals surface area contributed by atoms with Crippen LogP contribution in [0.15, 0.2) is 18.2 Å². The molecule has 1 heterocycles. The highest BCUT2D eigenvalue weighted by molar-refractivity contribution is 5.22. The van der Waals surface area contributed by atoms with Gasteiger partial charge in [0.15, 0.2) is 0 Å². The van der Waals surface area contributed by atoms with Crippen LogP contribution < -0.4 is 5.32 Å². The van der Waals surface area contributed by atoms with Gasteiger partial charge in [0.2, 0.25) is 0 Å². The molecule has 94 valence electrons. The quantitative estimate of drug-likeness (QED) is 0.859. The van der Waals surface area contributed by atoms with Gasteiger partial charge in [-0.15, -0.1) is 0 Å². The lowest BCUT2D eigenvalue weighted by Crippen LogP contribution is -2.52. The van der Waals surface area contributed by atoms with Gasteiger partial charge in [0.25, 0.3) is 0 Å². The molecule has 2 rings (SSSR count). The highest BCUT2D eigenvalue weighted by atomic mass is 19.1. The van der Waals surface area contributed by atoms with E-state index in [1.807, 2.05) is 0 Å².